The zero-order valence-electron chi connectivity index (χ0n) is 19.0. The fourth-order valence-corrected chi connectivity index (χ4v) is 4.37. The van der Waals surface area contributed by atoms with Gasteiger partial charge in [0.1, 0.15) is 11.5 Å². The van der Waals surface area contributed by atoms with Crippen LogP contribution in [0.2, 0.25) is 0 Å². The monoisotopic (exact) mass is 468 g/mol. The minimum absolute atomic E-state index is 0.0432. The molecule has 1 saturated heterocycles. The van der Waals surface area contributed by atoms with Crippen molar-refractivity contribution in [2.45, 2.75) is 18.8 Å². The molecule has 0 aromatic carbocycles. The summed E-state index contributed by atoms with van der Waals surface area (Å²) in [6.07, 6.45) is 7.86. The van der Waals surface area contributed by atoms with E-state index in [2.05, 4.69) is 26.8 Å². The molecule has 0 aliphatic carbocycles. The van der Waals surface area contributed by atoms with Gasteiger partial charge in [-0.05, 0) is 49.2 Å². The number of carbonyl (C=O) groups excluding carboxylic acids is 2. The molecule has 10 nitrogen and oxygen atoms in total. The second-order valence-corrected chi connectivity index (χ2v) is 8.27. The number of piperidine rings is 1. The van der Waals surface area contributed by atoms with E-state index in [4.69, 9.17) is 10.7 Å². The normalized spacial score (nSPS) is 15.7. The van der Waals surface area contributed by atoms with Crippen molar-refractivity contribution >= 4 is 29.1 Å². The summed E-state index contributed by atoms with van der Waals surface area (Å²) in [6, 6.07) is 10.6. The number of likely N-dealkylation sites (tertiary alicyclic amines) is 1. The lowest BCUT2D eigenvalue weighted by atomic mass is 9.94. The maximum Gasteiger partial charge on any atom is 0.258 e. The molecule has 0 saturated carbocycles. The molecule has 1 atom stereocenters. The summed E-state index contributed by atoms with van der Waals surface area (Å²) in [5, 5.41) is 2.74. The van der Waals surface area contributed by atoms with Gasteiger partial charge in [-0.3, -0.25) is 19.0 Å². The van der Waals surface area contributed by atoms with Gasteiger partial charge in [-0.15, -0.1) is 0 Å². The first-order chi connectivity index (χ1) is 17.0. The highest BCUT2D eigenvalue weighted by Crippen LogP contribution is 2.33. The zero-order valence-corrected chi connectivity index (χ0v) is 19.0. The number of pyridine rings is 2. The molecule has 10 heteroatoms. The molecule has 0 radical (unpaired) electrons. The van der Waals surface area contributed by atoms with Crippen molar-refractivity contribution in [1.29, 1.82) is 0 Å². The fourth-order valence-electron chi connectivity index (χ4n) is 4.37. The van der Waals surface area contributed by atoms with Gasteiger partial charge in [0.25, 0.3) is 5.91 Å². The van der Waals surface area contributed by atoms with E-state index in [0.29, 0.717) is 36.0 Å². The van der Waals surface area contributed by atoms with Crippen LogP contribution in [0.3, 0.4) is 0 Å². The highest BCUT2D eigenvalue weighted by atomic mass is 16.2. The number of anilines is 2. The zero-order chi connectivity index (χ0) is 24.4. The van der Waals surface area contributed by atoms with Crippen molar-refractivity contribution in [1.82, 2.24) is 29.2 Å². The predicted octanol–water partition coefficient (Wildman–Crippen LogP) is 2.91. The summed E-state index contributed by atoms with van der Waals surface area (Å²) in [6.45, 7) is 4.86. The Balaban J connectivity index is 1.47. The summed E-state index contributed by atoms with van der Waals surface area (Å²) in [5.41, 5.74) is 8.84. The van der Waals surface area contributed by atoms with Gasteiger partial charge in [0, 0.05) is 37.6 Å². The van der Waals surface area contributed by atoms with E-state index >= 15 is 0 Å². The quantitative estimate of drug-likeness (QED) is 0.431. The molecule has 5 rings (SSSR count). The van der Waals surface area contributed by atoms with E-state index in [1.807, 2.05) is 6.07 Å². The molecule has 1 aliphatic heterocycles. The molecule has 0 bridgehead atoms. The first kappa shape index (κ1) is 22.2. The van der Waals surface area contributed by atoms with Gasteiger partial charge in [-0.25, -0.2) is 15.0 Å². The lowest BCUT2D eigenvalue weighted by Gasteiger charge is -2.31. The van der Waals surface area contributed by atoms with Crippen LogP contribution in [0.1, 0.15) is 34.8 Å². The summed E-state index contributed by atoms with van der Waals surface area (Å²) in [4.78, 5) is 44.3. The fraction of sp³-hybridized carbons (Fsp3) is 0.200. The van der Waals surface area contributed by atoms with Gasteiger partial charge in [0.2, 0.25) is 11.9 Å². The number of hydrogen-bond donors (Lipinski definition) is 2. The van der Waals surface area contributed by atoms with Crippen LogP contribution in [-0.2, 0) is 4.79 Å². The molecule has 4 aromatic rings. The van der Waals surface area contributed by atoms with Crippen molar-refractivity contribution in [2.24, 2.45) is 0 Å². The van der Waals surface area contributed by atoms with E-state index in [0.717, 1.165) is 24.1 Å². The lowest BCUT2D eigenvalue weighted by Crippen LogP contribution is -2.38. The smallest absolute Gasteiger partial charge is 0.258 e. The Kier molecular flexibility index (Phi) is 5.92. The predicted molar refractivity (Wildman–Crippen MR) is 132 cm³/mol. The van der Waals surface area contributed by atoms with E-state index in [1.165, 1.54) is 12.3 Å². The Bertz CT molecular complexity index is 1400. The van der Waals surface area contributed by atoms with Crippen molar-refractivity contribution in [3.8, 4) is 11.5 Å². The van der Waals surface area contributed by atoms with Gasteiger partial charge >= 0.3 is 0 Å². The molecule has 3 N–H and O–H groups in total. The van der Waals surface area contributed by atoms with Crippen molar-refractivity contribution in [3.63, 3.8) is 0 Å². The van der Waals surface area contributed by atoms with E-state index in [9.17, 15) is 9.59 Å². The van der Waals surface area contributed by atoms with Gasteiger partial charge in [0.15, 0.2) is 5.82 Å². The summed E-state index contributed by atoms with van der Waals surface area (Å²) >= 11 is 0. The standard InChI is InChI=1S/C25H24N8O2/c1-2-21(34)32-13-5-6-17(15-32)22-19-10-12-28-25(26)33(19)23(31-22)18-9-8-16(14-29-18)24(35)30-20-7-3-4-11-27-20/h2-4,7-12,14,17H,1,5-6,13,15H2,(H2,26,28)(H,27,30,35). The minimum atomic E-state index is -0.313. The maximum atomic E-state index is 12.6. The number of nitrogens with two attached hydrogens (primary N) is 1. The summed E-state index contributed by atoms with van der Waals surface area (Å²) in [7, 11) is 0. The molecule has 0 spiro atoms. The molecule has 35 heavy (non-hydrogen) atoms. The molecule has 2 amide bonds. The number of aromatic nitrogens is 5. The Morgan fingerprint density at radius 1 is 1.11 bits per heavy atom. The largest absolute Gasteiger partial charge is 0.369 e. The van der Waals surface area contributed by atoms with Gasteiger partial charge < -0.3 is 16.0 Å². The van der Waals surface area contributed by atoms with Crippen LogP contribution >= 0.6 is 0 Å². The Morgan fingerprint density at radius 2 is 2.00 bits per heavy atom. The number of fused-ring (bicyclic) bond motifs is 1. The third-order valence-electron chi connectivity index (χ3n) is 6.07. The Hall–Kier alpha value is -4.60. The second-order valence-electron chi connectivity index (χ2n) is 8.27. The number of nitrogens with one attached hydrogen (secondary N) is 1. The molecule has 5 heterocycles. The van der Waals surface area contributed by atoms with Crippen molar-refractivity contribution in [2.75, 3.05) is 24.1 Å². The van der Waals surface area contributed by atoms with Crippen LogP contribution in [0, 0.1) is 0 Å². The summed E-state index contributed by atoms with van der Waals surface area (Å²) in [5.74, 6) is 0.921. The highest BCUT2D eigenvalue weighted by molar-refractivity contribution is 6.03. The molecule has 1 aliphatic rings. The average Bonchev–Trinajstić information content (AvgIpc) is 3.30. The molecule has 176 valence electrons. The van der Waals surface area contributed by atoms with Crippen molar-refractivity contribution in [3.05, 3.63) is 78.9 Å². The van der Waals surface area contributed by atoms with Crippen LogP contribution in [0.5, 0.6) is 0 Å². The number of nitrogens with zero attached hydrogens (tertiary/aromatic N) is 6. The van der Waals surface area contributed by atoms with Crippen LogP contribution in [0.25, 0.3) is 17.0 Å². The van der Waals surface area contributed by atoms with Gasteiger partial charge in [0.05, 0.1) is 16.8 Å². The molecular weight excluding hydrogens is 444 g/mol. The van der Waals surface area contributed by atoms with Crippen LogP contribution in [0.15, 0.2) is 67.6 Å². The summed E-state index contributed by atoms with van der Waals surface area (Å²) < 4.78 is 1.76. The number of rotatable bonds is 5. The number of hydrogen-bond acceptors (Lipinski definition) is 7. The van der Waals surface area contributed by atoms with E-state index < -0.39 is 0 Å². The number of imidazole rings is 1. The van der Waals surface area contributed by atoms with Crippen molar-refractivity contribution < 1.29 is 9.59 Å². The Labute approximate surface area is 201 Å². The number of amides is 2. The number of nitrogen functional groups attached to an aromatic ring is 1. The average molecular weight is 469 g/mol. The lowest BCUT2D eigenvalue weighted by molar-refractivity contribution is -0.127. The first-order valence-electron chi connectivity index (χ1n) is 11.3. The maximum absolute atomic E-state index is 12.6. The highest BCUT2D eigenvalue weighted by Gasteiger charge is 2.28. The van der Waals surface area contributed by atoms with Crippen LogP contribution in [-0.4, -0.2) is 54.1 Å². The van der Waals surface area contributed by atoms with Crippen LogP contribution in [0.4, 0.5) is 11.8 Å². The third-order valence-corrected chi connectivity index (χ3v) is 6.07. The molecule has 1 fully saturated rings. The third kappa shape index (κ3) is 4.33. The topological polar surface area (TPSA) is 131 Å². The van der Waals surface area contributed by atoms with E-state index in [1.54, 1.807) is 52.0 Å². The number of carbonyl (C=O) groups is 2. The molecular formula is C25H24N8O2. The van der Waals surface area contributed by atoms with E-state index in [-0.39, 0.29) is 23.7 Å². The van der Waals surface area contributed by atoms with Crippen LogP contribution < -0.4 is 11.1 Å². The molecule has 4 aromatic heterocycles. The second kappa shape index (κ2) is 9.34. The SMILES string of the molecule is C=CC(=O)N1CCCC(c2nc(-c3ccc(C(=O)Nc4ccccn4)cn3)n3c(N)nccc23)C1. The minimum Gasteiger partial charge on any atom is -0.369 e. The molecule has 1 unspecified atom stereocenters. The Morgan fingerprint density at radius 3 is 2.74 bits per heavy atom. The van der Waals surface area contributed by atoms with Gasteiger partial charge in [-0.2, -0.15) is 0 Å². The van der Waals surface area contributed by atoms with Gasteiger partial charge in [-0.1, -0.05) is 12.6 Å². The first-order valence-corrected chi connectivity index (χ1v) is 11.3.